The van der Waals surface area contributed by atoms with E-state index in [9.17, 15) is 9.59 Å². The number of hydrogen-bond acceptors (Lipinski definition) is 4. The molecule has 1 aromatic heterocycles. The van der Waals surface area contributed by atoms with Gasteiger partial charge in [0.1, 0.15) is 5.75 Å². The lowest BCUT2D eigenvalue weighted by molar-refractivity contribution is 0.0995. The molecule has 0 saturated carbocycles. The Morgan fingerprint density at radius 1 is 1.06 bits per heavy atom. The Bertz CT molecular complexity index is 1140. The van der Waals surface area contributed by atoms with Crippen LogP contribution in [0.1, 0.15) is 16.1 Å². The molecule has 0 fully saturated rings. The van der Waals surface area contributed by atoms with Crippen molar-refractivity contribution in [3.05, 3.63) is 82.7 Å². The number of amides is 3. The van der Waals surface area contributed by atoms with Crippen LogP contribution in [0.2, 0.25) is 0 Å². The lowest BCUT2D eigenvalue weighted by Crippen LogP contribution is -2.44. The van der Waals surface area contributed by atoms with Crippen LogP contribution in [0.4, 0.5) is 16.2 Å². The second-order valence-electron chi connectivity index (χ2n) is 6.92. The highest BCUT2D eigenvalue weighted by molar-refractivity contribution is 9.10. The smallest absolute Gasteiger partial charge is 0.329 e. The Balaban J connectivity index is 1.59. The molecule has 3 amide bonds. The molecule has 0 radical (unpaired) electrons. The van der Waals surface area contributed by atoms with E-state index in [0.717, 1.165) is 17.0 Å². The minimum Gasteiger partial charge on any atom is -0.497 e. The van der Waals surface area contributed by atoms with Crippen molar-refractivity contribution >= 4 is 44.9 Å². The van der Waals surface area contributed by atoms with Crippen LogP contribution in [-0.2, 0) is 0 Å². The average Bonchev–Trinajstić information content (AvgIpc) is 3.23. The third kappa shape index (κ3) is 4.34. The number of anilines is 2. The number of rotatable bonds is 5. The maximum atomic E-state index is 13.0. The predicted molar refractivity (Wildman–Crippen MR) is 122 cm³/mol. The number of urea groups is 1. The number of furan rings is 1. The SMILES string of the molecule is COc1ccc(C2=CCN(C)C(=O)N2c2ccc(NC(=O)c3ccc(Br)o3)cc2)cc1. The van der Waals surface area contributed by atoms with Crippen LogP contribution >= 0.6 is 15.9 Å². The molecule has 2 aromatic carbocycles. The van der Waals surface area contributed by atoms with Gasteiger partial charge in [-0.3, -0.25) is 9.69 Å². The van der Waals surface area contributed by atoms with Gasteiger partial charge in [0, 0.05) is 19.3 Å². The van der Waals surface area contributed by atoms with E-state index in [2.05, 4.69) is 21.2 Å². The highest BCUT2D eigenvalue weighted by Crippen LogP contribution is 2.32. The minimum absolute atomic E-state index is 0.134. The number of nitrogens with zero attached hydrogens (tertiary/aromatic N) is 2. The molecule has 0 aliphatic carbocycles. The Kier molecular flexibility index (Phi) is 5.81. The summed E-state index contributed by atoms with van der Waals surface area (Å²) in [5.41, 5.74) is 2.98. The number of nitrogens with one attached hydrogen (secondary N) is 1. The second-order valence-corrected chi connectivity index (χ2v) is 7.70. The predicted octanol–water partition coefficient (Wildman–Crippen LogP) is 5.22. The molecule has 158 valence electrons. The first kappa shape index (κ1) is 20.7. The Hall–Kier alpha value is -3.52. The summed E-state index contributed by atoms with van der Waals surface area (Å²) in [6.07, 6.45) is 2.01. The molecule has 0 atom stereocenters. The van der Waals surface area contributed by atoms with Crippen molar-refractivity contribution in [2.45, 2.75) is 0 Å². The second kappa shape index (κ2) is 8.69. The van der Waals surface area contributed by atoms with Gasteiger partial charge in [-0.1, -0.05) is 0 Å². The number of methoxy groups -OCH3 is 1. The molecule has 0 unspecified atom stereocenters. The summed E-state index contributed by atoms with van der Waals surface area (Å²) in [7, 11) is 3.37. The number of hydrogen-bond donors (Lipinski definition) is 1. The summed E-state index contributed by atoms with van der Waals surface area (Å²) in [6, 6.07) is 17.8. The highest BCUT2D eigenvalue weighted by atomic mass is 79.9. The molecular formula is C23H20BrN3O4. The molecule has 8 heteroatoms. The van der Waals surface area contributed by atoms with Crippen LogP contribution in [0.15, 0.2) is 75.8 Å². The number of ether oxygens (including phenoxy) is 1. The normalized spacial score (nSPS) is 13.8. The summed E-state index contributed by atoms with van der Waals surface area (Å²) < 4.78 is 11.0. The first-order valence-electron chi connectivity index (χ1n) is 9.53. The van der Waals surface area contributed by atoms with Gasteiger partial charge in [-0.15, -0.1) is 0 Å². The number of carbonyl (C=O) groups excluding carboxylic acids is 2. The zero-order chi connectivity index (χ0) is 22.0. The van der Waals surface area contributed by atoms with E-state index in [4.69, 9.17) is 9.15 Å². The summed E-state index contributed by atoms with van der Waals surface area (Å²) >= 11 is 3.18. The van der Waals surface area contributed by atoms with E-state index >= 15 is 0 Å². The fourth-order valence-corrected chi connectivity index (χ4v) is 3.55. The van der Waals surface area contributed by atoms with Crippen molar-refractivity contribution in [1.29, 1.82) is 0 Å². The molecule has 1 aliphatic heterocycles. The van der Waals surface area contributed by atoms with Crippen LogP contribution in [-0.4, -0.2) is 37.5 Å². The summed E-state index contributed by atoms with van der Waals surface area (Å²) in [5.74, 6) is 0.596. The van der Waals surface area contributed by atoms with Gasteiger partial charge in [-0.05, 0) is 88.2 Å². The molecule has 0 bridgehead atoms. The van der Waals surface area contributed by atoms with E-state index in [1.54, 1.807) is 60.4 Å². The monoisotopic (exact) mass is 481 g/mol. The van der Waals surface area contributed by atoms with E-state index in [0.29, 0.717) is 22.6 Å². The quantitative estimate of drug-likeness (QED) is 0.542. The molecule has 1 aliphatic rings. The topological polar surface area (TPSA) is 75.0 Å². The Morgan fingerprint density at radius 3 is 2.39 bits per heavy atom. The lowest BCUT2D eigenvalue weighted by atomic mass is 10.1. The number of likely N-dealkylation sites (N-methyl/N-ethyl adjacent to an activating group) is 1. The van der Waals surface area contributed by atoms with Crippen molar-refractivity contribution < 1.29 is 18.7 Å². The van der Waals surface area contributed by atoms with E-state index in [-0.39, 0.29) is 17.7 Å². The van der Waals surface area contributed by atoms with Gasteiger partial charge in [-0.25, -0.2) is 4.79 Å². The van der Waals surface area contributed by atoms with Crippen LogP contribution in [0, 0.1) is 0 Å². The van der Waals surface area contributed by atoms with Crippen LogP contribution < -0.4 is 15.0 Å². The van der Waals surface area contributed by atoms with E-state index < -0.39 is 0 Å². The van der Waals surface area contributed by atoms with Gasteiger partial charge < -0.3 is 19.4 Å². The fourth-order valence-electron chi connectivity index (χ4n) is 3.25. The number of carbonyl (C=O) groups is 2. The van der Waals surface area contributed by atoms with Crippen LogP contribution in [0.3, 0.4) is 0 Å². The molecule has 1 N–H and O–H groups in total. The minimum atomic E-state index is -0.356. The molecule has 0 saturated heterocycles. The lowest BCUT2D eigenvalue weighted by Gasteiger charge is -2.34. The largest absolute Gasteiger partial charge is 0.497 e. The molecular weight excluding hydrogens is 462 g/mol. The van der Waals surface area contributed by atoms with Crippen molar-refractivity contribution in [3.8, 4) is 5.75 Å². The average molecular weight is 482 g/mol. The maximum absolute atomic E-state index is 13.0. The van der Waals surface area contributed by atoms with Gasteiger partial charge in [0.25, 0.3) is 5.91 Å². The Labute approximate surface area is 188 Å². The molecule has 0 spiro atoms. The van der Waals surface area contributed by atoms with Gasteiger partial charge in [0.15, 0.2) is 10.4 Å². The standard InChI is InChI=1S/C23H20BrN3O4/c1-26-14-13-19(15-3-9-18(30-2)10-4-15)27(23(26)29)17-7-5-16(6-8-17)25-22(28)20-11-12-21(24)31-20/h3-13H,14H2,1-2H3,(H,25,28). The zero-order valence-electron chi connectivity index (χ0n) is 17.0. The van der Waals surface area contributed by atoms with Crippen LogP contribution in [0.25, 0.3) is 5.70 Å². The van der Waals surface area contributed by atoms with Crippen molar-refractivity contribution in [3.63, 3.8) is 0 Å². The first-order chi connectivity index (χ1) is 15.0. The number of benzene rings is 2. The summed E-state index contributed by atoms with van der Waals surface area (Å²) in [6.45, 7) is 0.517. The van der Waals surface area contributed by atoms with Gasteiger partial charge >= 0.3 is 6.03 Å². The molecule has 3 aromatic rings. The molecule has 4 rings (SSSR count). The van der Waals surface area contributed by atoms with E-state index in [1.165, 1.54) is 0 Å². The molecule has 31 heavy (non-hydrogen) atoms. The third-order valence-corrected chi connectivity index (χ3v) is 5.31. The number of halogens is 1. The van der Waals surface area contributed by atoms with Gasteiger partial charge in [0.05, 0.1) is 18.5 Å². The maximum Gasteiger partial charge on any atom is 0.329 e. The van der Waals surface area contributed by atoms with Crippen molar-refractivity contribution in [2.75, 3.05) is 30.9 Å². The van der Waals surface area contributed by atoms with Gasteiger partial charge in [0.2, 0.25) is 0 Å². The van der Waals surface area contributed by atoms with Crippen molar-refractivity contribution in [1.82, 2.24) is 4.90 Å². The zero-order valence-corrected chi connectivity index (χ0v) is 18.5. The summed E-state index contributed by atoms with van der Waals surface area (Å²) in [4.78, 5) is 28.6. The Morgan fingerprint density at radius 2 is 1.77 bits per heavy atom. The third-order valence-electron chi connectivity index (χ3n) is 4.88. The van der Waals surface area contributed by atoms with E-state index in [1.807, 2.05) is 30.3 Å². The first-order valence-corrected chi connectivity index (χ1v) is 10.3. The highest BCUT2D eigenvalue weighted by Gasteiger charge is 2.28. The molecule has 2 heterocycles. The summed E-state index contributed by atoms with van der Waals surface area (Å²) in [5, 5.41) is 2.78. The van der Waals surface area contributed by atoms with Crippen molar-refractivity contribution in [2.24, 2.45) is 0 Å². The molecule has 7 nitrogen and oxygen atoms in total. The van der Waals surface area contributed by atoms with Gasteiger partial charge in [-0.2, -0.15) is 0 Å². The van der Waals surface area contributed by atoms with Crippen LogP contribution in [0.5, 0.6) is 5.75 Å². The fraction of sp³-hybridized carbons (Fsp3) is 0.130.